The van der Waals surface area contributed by atoms with Crippen LogP contribution < -0.4 is 10.5 Å². The fourth-order valence-corrected chi connectivity index (χ4v) is 3.68. The molecule has 1 aromatic carbocycles. The monoisotopic (exact) mass is 400 g/mol. The molecule has 142 valence electrons. The summed E-state index contributed by atoms with van der Waals surface area (Å²) in [5, 5.41) is 4.77. The van der Waals surface area contributed by atoms with E-state index in [2.05, 4.69) is 9.82 Å². The molecule has 0 saturated carbocycles. The molecule has 0 aliphatic heterocycles. The summed E-state index contributed by atoms with van der Waals surface area (Å²) in [4.78, 5) is 0.0943. The first-order valence-corrected chi connectivity index (χ1v) is 9.85. The van der Waals surface area contributed by atoms with Crippen LogP contribution in [0, 0.1) is 13.8 Å². The number of halogens is 2. The maximum Gasteiger partial charge on any atom is 0.240 e. The Balaban J connectivity index is 2.31. The Morgan fingerprint density at radius 2 is 2.12 bits per heavy atom. The van der Waals surface area contributed by atoms with Gasteiger partial charge in [0.1, 0.15) is 5.83 Å². The minimum absolute atomic E-state index is 0.0943. The molecule has 0 fully saturated rings. The average Bonchev–Trinajstić information content (AvgIpc) is 2.84. The highest BCUT2D eigenvalue weighted by Gasteiger charge is 2.16. The highest BCUT2D eigenvalue weighted by molar-refractivity contribution is 7.89. The van der Waals surface area contributed by atoms with Gasteiger partial charge in [0.25, 0.3) is 0 Å². The van der Waals surface area contributed by atoms with Gasteiger partial charge in [-0.05, 0) is 44.7 Å². The van der Waals surface area contributed by atoms with Crippen molar-refractivity contribution in [1.29, 1.82) is 0 Å². The number of allylic oxidation sites excluding steroid dienone is 1. The maximum absolute atomic E-state index is 13.8. The minimum atomic E-state index is -3.56. The number of rotatable bonds is 7. The first-order chi connectivity index (χ1) is 12.2. The summed E-state index contributed by atoms with van der Waals surface area (Å²) in [5.41, 5.74) is 8.41. The van der Waals surface area contributed by atoms with Gasteiger partial charge in [0, 0.05) is 29.2 Å². The third kappa shape index (κ3) is 4.50. The zero-order valence-electron chi connectivity index (χ0n) is 14.9. The summed E-state index contributed by atoms with van der Waals surface area (Å²) in [7, 11) is -2.21. The molecular formula is C17H22ClFN4O2S. The summed E-state index contributed by atoms with van der Waals surface area (Å²) >= 11 is 6.25. The van der Waals surface area contributed by atoms with E-state index in [1.54, 1.807) is 10.7 Å². The fraction of sp³-hybridized carbons (Fsp3) is 0.353. The van der Waals surface area contributed by atoms with E-state index in [0.717, 1.165) is 22.5 Å². The molecule has 2 rings (SSSR count). The van der Waals surface area contributed by atoms with Crippen molar-refractivity contribution in [2.75, 3.05) is 13.6 Å². The van der Waals surface area contributed by atoms with E-state index in [4.69, 9.17) is 17.3 Å². The van der Waals surface area contributed by atoms with Gasteiger partial charge in [-0.3, -0.25) is 4.68 Å². The molecule has 0 amide bonds. The van der Waals surface area contributed by atoms with Gasteiger partial charge >= 0.3 is 0 Å². The van der Waals surface area contributed by atoms with E-state index < -0.39 is 10.0 Å². The first-order valence-electron chi connectivity index (χ1n) is 7.99. The van der Waals surface area contributed by atoms with Crippen LogP contribution in [0.3, 0.4) is 0 Å². The third-order valence-electron chi connectivity index (χ3n) is 4.14. The van der Waals surface area contributed by atoms with Crippen LogP contribution >= 0.6 is 11.6 Å². The van der Waals surface area contributed by atoms with Crippen LogP contribution in [0.15, 0.2) is 35.0 Å². The van der Waals surface area contributed by atoms with Crippen molar-refractivity contribution in [3.05, 3.63) is 57.6 Å². The SMILES string of the molecule is CNS(=O)(=O)c1ccc(Cn2nc(C)c(C/C(F)=C/CN)c2C)c(Cl)c1. The van der Waals surface area contributed by atoms with E-state index in [1.165, 1.54) is 25.3 Å². The number of sulfonamides is 1. The van der Waals surface area contributed by atoms with Gasteiger partial charge in [0.15, 0.2) is 0 Å². The molecule has 1 aromatic heterocycles. The summed E-state index contributed by atoms with van der Waals surface area (Å²) in [6.45, 7) is 4.18. The number of nitrogens with zero attached hydrogens (tertiary/aromatic N) is 2. The van der Waals surface area contributed by atoms with Gasteiger partial charge in [-0.15, -0.1) is 0 Å². The van der Waals surface area contributed by atoms with Crippen molar-refractivity contribution in [2.45, 2.75) is 31.7 Å². The molecule has 0 spiro atoms. The van der Waals surface area contributed by atoms with Gasteiger partial charge in [-0.25, -0.2) is 17.5 Å². The Kier molecular flexibility index (Phi) is 6.57. The molecule has 26 heavy (non-hydrogen) atoms. The standard InChI is InChI=1S/C17H22ClFN4O2S/c1-11-16(8-14(19)6-7-20)12(2)23(22-11)10-13-4-5-15(9-17(13)18)26(24,25)21-3/h4-6,9,21H,7-8,10,20H2,1-3H3/b14-6-. The molecule has 0 aliphatic carbocycles. The summed E-state index contributed by atoms with van der Waals surface area (Å²) < 4.78 is 41.5. The van der Waals surface area contributed by atoms with E-state index in [9.17, 15) is 12.8 Å². The van der Waals surface area contributed by atoms with Crippen LogP contribution in [0.5, 0.6) is 0 Å². The smallest absolute Gasteiger partial charge is 0.240 e. The van der Waals surface area contributed by atoms with Crippen LogP contribution in [0.4, 0.5) is 4.39 Å². The predicted molar refractivity (Wildman–Crippen MR) is 100 cm³/mol. The molecule has 0 aliphatic rings. The van der Waals surface area contributed by atoms with Crippen molar-refractivity contribution in [3.63, 3.8) is 0 Å². The lowest BCUT2D eigenvalue weighted by atomic mass is 10.1. The van der Waals surface area contributed by atoms with E-state index in [0.29, 0.717) is 11.6 Å². The predicted octanol–water partition coefficient (Wildman–Crippen LogP) is 2.46. The lowest BCUT2D eigenvalue weighted by Gasteiger charge is -2.09. The zero-order valence-corrected chi connectivity index (χ0v) is 16.5. The molecule has 2 aromatic rings. The number of nitrogens with one attached hydrogen (secondary N) is 1. The molecule has 0 radical (unpaired) electrons. The average molecular weight is 401 g/mol. The molecule has 6 nitrogen and oxygen atoms in total. The third-order valence-corrected chi connectivity index (χ3v) is 5.90. The van der Waals surface area contributed by atoms with Crippen molar-refractivity contribution < 1.29 is 12.8 Å². The number of nitrogens with two attached hydrogens (primary N) is 1. The Labute approximate surface area is 157 Å². The number of aromatic nitrogens is 2. The minimum Gasteiger partial charge on any atom is -0.327 e. The normalized spacial score (nSPS) is 12.6. The van der Waals surface area contributed by atoms with Crippen LogP contribution in [-0.4, -0.2) is 31.8 Å². The molecule has 1 heterocycles. The first kappa shape index (κ1) is 20.6. The van der Waals surface area contributed by atoms with Gasteiger partial charge < -0.3 is 5.73 Å². The second-order valence-electron chi connectivity index (χ2n) is 5.83. The molecule has 0 bridgehead atoms. The van der Waals surface area contributed by atoms with Gasteiger partial charge in [0.2, 0.25) is 10.0 Å². The molecule has 0 saturated heterocycles. The van der Waals surface area contributed by atoms with E-state index in [-0.39, 0.29) is 23.7 Å². The lowest BCUT2D eigenvalue weighted by Crippen LogP contribution is -2.18. The highest BCUT2D eigenvalue weighted by atomic mass is 35.5. The van der Waals surface area contributed by atoms with Crippen molar-refractivity contribution in [1.82, 2.24) is 14.5 Å². The number of hydrogen-bond acceptors (Lipinski definition) is 4. The fourth-order valence-electron chi connectivity index (χ4n) is 2.62. The van der Waals surface area contributed by atoms with Crippen molar-refractivity contribution in [3.8, 4) is 0 Å². The van der Waals surface area contributed by atoms with Crippen molar-refractivity contribution in [2.24, 2.45) is 5.73 Å². The number of aryl methyl sites for hydroxylation is 1. The topological polar surface area (TPSA) is 90.0 Å². The van der Waals surface area contributed by atoms with E-state index >= 15 is 0 Å². The summed E-state index contributed by atoms with van der Waals surface area (Å²) in [6.07, 6.45) is 1.48. The van der Waals surface area contributed by atoms with E-state index in [1.807, 2.05) is 13.8 Å². The van der Waals surface area contributed by atoms with Crippen molar-refractivity contribution >= 4 is 21.6 Å². The second kappa shape index (κ2) is 8.30. The van der Waals surface area contributed by atoms with Gasteiger partial charge in [-0.1, -0.05) is 17.7 Å². The Bertz CT molecular complexity index is 938. The molecule has 0 unspecified atom stereocenters. The maximum atomic E-state index is 13.8. The number of hydrogen-bond donors (Lipinski definition) is 2. The van der Waals surface area contributed by atoms with Crippen LogP contribution in [0.1, 0.15) is 22.5 Å². The van der Waals surface area contributed by atoms with Crippen LogP contribution in [0.2, 0.25) is 5.02 Å². The quantitative estimate of drug-likeness (QED) is 0.747. The lowest BCUT2D eigenvalue weighted by molar-refractivity contribution is 0.588. The summed E-state index contributed by atoms with van der Waals surface area (Å²) in [6, 6.07) is 4.54. The molecule has 9 heteroatoms. The van der Waals surface area contributed by atoms with Gasteiger partial charge in [-0.2, -0.15) is 5.10 Å². The Morgan fingerprint density at radius 1 is 1.42 bits per heavy atom. The molecular weight excluding hydrogens is 379 g/mol. The Hall–Kier alpha value is -1.74. The highest BCUT2D eigenvalue weighted by Crippen LogP contribution is 2.24. The molecule has 3 N–H and O–H groups in total. The Morgan fingerprint density at radius 3 is 2.69 bits per heavy atom. The van der Waals surface area contributed by atoms with Crippen LogP contribution in [0.25, 0.3) is 0 Å². The zero-order chi connectivity index (χ0) is 19.5. The second-order valence-corrected chi connectivity index (χ2v) is 8.12. The largest absolute Gasteiger partial charge is 0.327 e. The van der Waals surface area contributed by atoms with Crippen LogP contribution in [-0.2, 0) is 23.0 Å². The number of benzene rings is 1. The van der Waals surface area contributed by atoms with Gasteiger partial charge in [0.05, 0.1) is 17.1 Å². The summed E-state index contributed by atoms with van der Waals surface area (Å²) in [5.74, 6) is -0.294. The molecule has 0 atom stereocenters.